The number of carbonyl (C=O) groups is 3. The number of rotatable bonds is 3. The third kappa shape index (κ3) is 3.98. The molecule has 1 amide bonds. The summed E-state index contributed by atoms with van der Waals surface area (Å²) in [6, 6.07) is 3.77. The summed E-state index contributed by atoms with van der Waals surface area (Å²) in [5.41, 5.74) is -1.79. The number of carbonyl (C=O) groups excluding carboxylic acids is 1. The molecule has 0 aliphatic rings. The number of carboxylic acids is 2. The first-order valence-electron chi connectivity index (χ1n) is 5.71. The molecule has 0 bridgehead atoms. The molecule has 7 heteroatoms. The lowest BCUT2D eigenvalue weighted by Crippen LogP contribution is -2.28. The van der Waals surface area contributed by atoms with Gasteiger partial charge in [0, 0.05) is 0 Å². The van der Waals surface area contributed by atoms with E-state index in [0.717, 1.165) is 6.07 Å². The Morgan fingerprint density at radius 3 is 2.15 bits per heavy atom. The second-order valence-electron chi connectivity index (χ2n) is 4.97. The maximum atomic E-state index is 11.6. The molecule has 0 saturated heterocycles. The second kappa shape index (κ2) is 5.60. The predicted molar refractivity (Wildman–Crippen MR) is 70.2 cm³/mol. The lowest BCUT2D eigenvalue weighted by Gasteiger charge is -2.20. The third-order valence-electron chi connectivity index (χ3n) is 2.14. The van der Waals surface area contributed by atoms with E-state index in [4.69, 9.17) is 14.9 Å². The smallest absolute Gasteiger partial charge is 0.412 e. The standard InChI is InChI=1S/C13H15NO6/c1-13(2,3)20-12(19)14-8-6-4-5-7(10(15)16)9(8)11(17)18/h4-6H,1-3H3,(H,14,19)(H,15,16)(H,17,18). The third-order valence-corrected chi connectivity index (χ3v) is 2.14. The Bertz CT molecular complexity index is 558. The quantitative estimate of drug-likeness (QED) is 0.784. The monoisotopic (exact) mass is 281 g/mol. The van der Waals surface area contributed by atoms with Crippen LogP contribution in [0.2, 0.25) is 0 Å². The predicted octanol–water partition coefficient (Wildman–Crippen LogP) is 2.43. The summed E-state index contributed by atoms with van der Waals surface area (Å²) in [7, 11) is 0. The van der Waals surface area contributed by atoms with Crippen LogP contribution in [0, 0.1) is 0 Å². The van der Waals surface area contributed by atoms with Crippen molar-refractivity contribution in [2.45, 2.75) is 26.4 Å². The van der Waals surface area contributed by atoms with Gasteiger partial charge in [-0.1, -0.05) is 6.07 Å². The van der Waals surface area contributed by atoms with Crippen LogP contribution in [0.3, 0.4) is 0 Å². The van der Waals surface area contributed by atoms with Crippen LogP contribution in [0.5, 0.6) is 0 Å². The van der Waals surface area contributed by atoms with Gasteiger partial charge in [0.1, 0.15) is 5.60 Å². The van der Waals surface area contributed by atoms with Gasteiger partial charge in [-0.05, 0) is 32.9 Å². The molecule has 0 aromatic heterocycles. The van der Waals surface area contributed by atoms with E-state index >= 15 is 0 Å². The number of ether oxygens (including phenoxy) is 1. The number of aromatic carboxylic acids is 2. The highest BCUT2D eigenvalue weighted by Crippen LogP contribution is 2.21. The number of hydrogen-bond donors (Lipinski definition) is 3. The SMILES string of the molecule is CC(C)(C)OC(=O)Nc1cccc(C(=O)O)c1C(=O)O. The van der Waals surface area contributed by atoms with E-state index in [1.807, 2.05) is 0 Å². The molecule has 0 unspecified atom stereocenters. The molecule has 3 N–H and O–H groups in total. The van der Waals surface area contributed by atoms with Crippen LogP contribution < -0.4 is 5.32 Å². The number of nitrogens with one attached hydrogen (secondary N) is 1. The van der Waals surface area contributed by atoms with E-state index < -0.39 is 34.8 Å². The van der Waals surface area contributed by atoms with E-state index in [1.165, 1.54) is 12.1 Å². The summed E-state index contributed by atoms with van der Waals surface area (Å²) in [5.74, 6) is -2.84. The molecular formula is C13H15NO6. The number of hydrogen-bond acceptors (Lipinski definition) is 4. The van der Waals surface area contributed by atoms with Gasteiger partial charge >= 0.3 is 18.0 Å². The van der Waals surface area contributed by atoms with Gasteiger partial charge in [-0.2, -0.15) is 0 Å². The largest absolute Gasteiger partial charge is 0.478 e. The van der Waals surface area contributed by atoms with Crippen LogP contribution >= 0.6 is 0 Å². The number of anilines is 1. The average Bonchev–Trinajstić information content (AvgIpc) is 2.25. The highest BCUT2D eigenvalue weighted by atomic mass is 16.6. The van der Waals surface area contributed by atoms with Crippen molar-refractivity contribution in [2.75, 3.05) is 5.32 Å². The van der Waals surface area contributed by atoms with Gasteiger partial charge < -0.3 is 14.9 Å². The van der Waals surface area contributed by atoms with Crippen molar-refractivity contribution >= 4 is 23.7 Å². The average molecular weight is 281 g/mol. The summed E-state index contributed by atoms with van der Waals surface area (Å²) >= 11 is 0. The van der Waals surface area contributed by atoms with Crippen molar-refractivity contribution < 1.29 is 29.3 Å². The van der Waals surface area contributed by atoms with E-state index in [1.54, 1.807) is 20.8 Å². The molecule has 0 aliphatic carbocycles. The number of amides is 1. The van der Waals surface area contributed by atoms with Crippen molar-refractivity contribution in [3.63, 3.8) is 0 Å². The molecule has 1 aromatic carbocycles. The summed E-state index contributed by atoms with van der Waals surface area (Å²) in [4.78, 5) is 33.8. The zero-order valence-corrected chi connectivity index (χ0v) is 11.3. The highest BCUT2D eigenvalue weighted by Gasteiger charge is 2.23. The summed E-state index contributed by atoms with van der Waals surface area (Å²) in [5, 5.41) is 20.3. The van der Waals surface area contributed by atoms with Crippen LogP contribution in [0.25, 0.3) is 0 Å². The fraction of sp³-hybridized carbons (Fsp3) is 0.308. The number of benzene rings is 1. The van der Waals surface area contributed by atoms with Crippen molar-refractivity contribution in [1.29, 1.82) is 0 Å². The molecule has 0 spiro atoms. The minimum Gasteiger partial charge on any atom is -0.478 e. The van der Waals surface area contributed by atoms with E-state index in [2.05, 4.69) is 5.32 Å². The Balaban J connectivity index is 3.13. The molecule has 20 heavy (non-hydrogen) atoms. The van der Waals surface area contributed by atoms with Crippen molar-refractivity contribution in [3.8, 4) is 0 Å². The Hall–Kier alpha value is -2.57. The lowest BCUT2D eigenvalue weighted by atomic mass is 10.1. The minimum atomic E-state index is -1.45. The van der Waals surface area contributed by atoms with E-state index in [-0.39, 0.29) is 5.69 Å². The maximum Gasteiger partial charge on any atom is 0.412 e. The summed E-state index contributed by atoms with van der Waals surface area (Å²) < 4.78 is 4.99. The normalized spacial score (nSPS) is 10.8. The van der Waals surface area contributed by atoms with Gasteiger partial charge in [0.15, 0.2) is 0 Å². The Kier molecular flexibility index (Phi) is 4.34. The van der Waals surface area contributed by atoms with Crippen molar-refractivity contribution in [2.24, 2.45) is 0 Å². The summed E-state index contributed by atoms with van der Waals surface area (Å²) in [6.45, 7) is 4.95. The van der Waals surface area contributed by atoms with E-state index in [9.17, 15) is 14.4 Å². The first-order valence-corrected chi connectivity index (χ1v) is 5.71. The van der Waals surface area contributed by atoms with Crippen LogP contribution in [-0.2, 0) is 4.74 Å². The Labute approximate surface area is 115 Å². The van der Waals surface area contributed by atoms with Gasteiger partial charge in [-0.3, -0.25) is 5.32 Å². The molecule has 0 fully saturated rings. The molecule has 0 heterocycles. The molecule has 0 saturated carbocycles. The number of carboxylic acid groups (broad SMARTS) is 2. The van der Waals surface area contributed by atoms with Gasteiger partial charge in [-0.15, -0.1) is 0 Å². The fourth-order valence-corrected chi connectivity index (χ4v) is 1.48. The molecule has 0 aliphatic heterocycles. The first-order chi connectivity index (χ1) is 9.11. The molecular weight excluding hydrogens is 266 g/mol. The molecule has 0 atom stereocenters. The second-order valence-corrected chi connectivity index (χ2v) is 4.97. The molecule has 0 radical (unpaired) electrons. The summed E-state index contributed by atoms with van der Waals surface area (Å²) in [6.07, 6.45) is -0.859. The van der Waals surface area contributed by atoms with Gasteiger partial charge in [0.2, 0.25) is 0 Å². The van der Waals surface area contributed by atoms with E-state index in [0.29, 0.717) is 0 Å². The van der Waals surface area contributed by atoms with Crippen LogP contribution in [-0.4, -0.2) is 33.8 Å². The first kappa shape index (κ1) is 15.5. The van der Waals surface area contributed by atoms with Crippen LogP contribution in [0.15, 0.2) is 18.2 Å². The van der Waals surface area contributed by atoms with Gasteiger partial charge in [-0.25, -0.2) is 14.4 Å². The Morgan fingerprint density at radius 2 is 1.70 bits per heavy atom. The van der Waals surface area contributed by atoms with Crippen LogP contribution in [0.1, 0.15) is 41.5 Å². The molecule has 1 rings (SSSR count). The topological polar surface area (TPSA) is 113 Å². The fourth-order valence-electron chi connectivity index (χ4n) is 1.48. The van der Waals surface area contributed by atoms with Gasteiger partial charge in [0.25, 0.3) is 0 Å². The Morgan fingerprint density at radius 1 is 1.10 bits per heavy atom. The zero-order valence-electron chi connectivity index (χ0n) is 11.3. The zero-order chi connectivity index (χ0) is 15.5. The highest BCUT2D eigenvalue weighted by molar-refractivity contribution is 6.07. The molecule has 7 nitrogen and oxygen atoms in total. The molecule has 1 aromatic rings. The van der Waals surface area contributed by atoms with Crippen molar-refractivity contribution in [1.82, 2.24) is 0 Å². The lowest BCUT2D eigenvalue weighted by molar-refractivity contribution is 0.0630. The maximum absolute atomic E-state index is 11.6. The van der Waals surface area contributed by atoms with Crippen LogP contribution in [0.4, 0.5) is 10.5 Å². The molecule has 108 valence electrons. The minimum absolute atomic E-state index is 0.133. The van der Waals surface area contributed by atoms with Crippen molar-refractivity contribution in [3.05, 3.63) is 29.3 Å². The van der Waals surface area contributed by atoms with Gasteiger partial charge in [0.05, 0.1) is 16.8 Å².